The summed E-state index contributed by atoms with van der Waals surface area (Å²) in [6.07, 6.45) is 10.2. The van der Waals surface area contributed by atoms with E-state index in [1.807, 2.05) is 36.4 Å². The Balaban J connectivity index is 1.59. The highest BCUT2D eigenvalue weighted by atomic mass is 16.5. The molecule has 0 atom stereocenters. The van der Waals surface area contributed by atoms with Gasteiger partial charge in [-0.2, -0.15) is 0 Å². The monoisotopic (exact) mass is 424 g/mol. The molecule has 0 heterocycles. The second-order valence-corrected chi connectivity index (χ2v) is 7.59. The minimum absolute atomic E-state index is 0.0389. The summed E-state index contributed by atoms with van der Waals surface area (Å²) in [6, 6.07) is 20.6. The molecule has 0 bridgehead atoms. The standard InChI is InChI=1S/C27H36O4/c1-3-27(4-2,23-30-21-19-28-17-15-25-11-7-5-8-12-25)24-31-22-20-29-18-16-26-13-9-6-10-14-26/h5-14,19-22H,3-4,15-18,23-24H2,1-2H3/b21-19-,22-20-. The molecule has 0 spiro atoms. The third-order valence-electron chi connectivity index (χ3n) is 5.48. The Morgan fingerprint density at radius 2 is 0.968 bits per heavy atom. The van der Waals surface area contributed by atoms with E-state index in [4.69, 9.17) is 18.9 Å². The number of rotatable bonds is 16. The molecule has 0 amide bonds. The summed E-state index contributed by atoms with van der Waals surface area (Å²) in [4.78, 5) is 0. The molecular formula is C27H36O4. The lowest BCUT2D eigenvalue weighted by molar-refractivity contribution is 0.0279. The van der Waals surface area contributed by atoms with Crippen LogP contribution in [0.5, 0.6) is 0 Å². The van der Waals surface area contributed by atoms with Gasteiger partial charge in [0.25, 0.3) is 0 Å². The molecule has 0 aliphatic carbocycles. The average molecular weight is 425 g/mol. The van der Waals surface area contributed by atoms with Gasteiger partial charge in [-0.05, 0) is 24.0 Å². The summed E-state index contributed by atoms with van der Waals surface area (Å²) >= 11 is 0. The van der Waals surface area contributed by atoms with Crippen molar-refractivity contribution in [1.29, 1.82) is 0 Å². The Morgan fingerprint density at radius 1 is 0.581 bits per heavy atom. The molecule has 0 aromatic heterocycles. The molecule has 0 aliphatic heterocycles. The Hall–Kier alpha value is -2.88. The molecule has 4 nitrogen and oxygen atoms in total. The summed E-state index contributed by atoms with van der Waals surface area (Å²) in [7, 11) is 0. The fourth-order valence-electron chi connectivity index (χ4n) is 3.09. The molecular weight excluding hydrogens is 388 g/mol. The lowest BCUT2D eigenvalue weighted by Gasteiger charge is -2.29. The Bertz CT molecular complexity index is 675. The van der Waals surface area contributed by atoms with Crippen LogP contribution in [0.3, 0.4) is 0 Å². The Labute approximate surface area is 187 Å². The van der Waals surface area contributed by atoms with Crippen molar-refractivity contribution in [1.82, 2.24) is 0 Å². The number of hydrogen-bond acceptors (Lipinski definition) is 4. The number of hydrogen-bond donors (Lipinski definition) is 0. The van der Waals surface area contributed by atoms with Gasteiger partial charge in [0.15, 0.2) is 0 Å². The second-order valence-electron chi connectivity index (χ2n) is 7.59. The minimum atomic E-state index is -0.0389. The molecule has 0 radical (unpaired) electrons. The summed E-state index contributed by atoms with van der Waals surface area (Å²) in [5.74, 6) is 0. The third-order valence-corrected chi connectivity index (χ3v) is 5.48. The van der Waals surface area contributed by atoms with Crippen LogP contribution >= 0.6 is 0 Å². The lowest BCUT2D eigenvalue weighted by Crippen LogP contribution is -2.29. The Morgan fingerprint density at radius 3 is 1.35 bits per heavy atom. The average Bonchev–Trinajstić information content (AvgIpc) is 2.83. The molecule has 0 N–H and O–H groups in total. The number of benzene rings is 2. The fourth-order valence-corrected chi connectivity index (χ4v) is 3.09. The van der Waals surface area contributed by atoms with Crippen LogP contribution < -0.4 is 0 Å². The summed E-state index contributed by atoms with van der Waals surface area (Å²) in [6.45, 7) is 6.76. The largest absolute Gasteiger partial charge is 0.498 e. The summed E-state index contributed by atoms with van der Waals surface area (Å²) in [5.41, 5.74) is 2.49. The van der Waals surface area contributed by atoms with Crippen LogP contribution in [-0.4, -0.2) is 26.4 Å². The molecule has 2 rings (SSSR count). The highest BCUT2D eigenvalue weighted by Crippen LogP contribution is 2.27. The van der Waals surface area contributed by atoms with Crippen molar-refractivity contribution in [2.24, 2.45) is 5.41 Å². The van der Waals surface area contributed by atoms with Gasteiger partial charge in [-0.25, -0.2) is 0 Å². The van der Waals surface area contributed by atoms with Crippen LogP contribution in [0.2, 0.25) is 0 Å². The molecule has 4 heteroatoms. The van der Waals surface area contributed by atoms with Crippen molar-refractivity contribution in [2.45, 2.75) is 39.5 Å². The van der Waals surface area contributed by atoms with E-state index in [0.29, 0.717) is 26.4 Å². The maximum atomic E-state index is 5.74. The van der Waals surface area contributed by atoms with Crippen LogP contribution in [-0.2, 0) is 31.8 Å². The maximum Gasteiger partial charge on any atom is 0.117 e. The fraction of sp³-hybridized carbons (Fsp3) is 0.407. The van der Waals surface area contributed by atoms with Crippen molar-refractivity contribution >= 4 is 0 Å². The molecule has 0 aliphatic rings. The zero-order valence-electron chi connectivity index (χ0n) is 18.9. The first-order valence-electron chi connectivity index (χ1n) is 11.1. The van der Waals surface area contributed by atoms with Gasteiger partial charge in [0.2, 0.25) is 0 Å². The summed E-state index contributed by atoms with van der Waals surface area (Å²) < 4.78 is 22.5. The van der Waals surface area contributed by atoms with Gasteiger partial charge in [0.05, 0.1) is 26.4 Å². The van der Waals surface area contributed by atoms with Crippen LogP contribution in [0.1, 0.15) is 37.8 Å². The quantitative estimate of drug-likeness (QED) is 0.234. The van der Waals surface area contributed by atoms with Gasteiger partial charge in [-0.15, -0.1) is 0 Å². The lowest BCUT2D eigenvalue weighted by atomic mass is 9.84. The highest BCUT2D eigenvalue weighted by molar-refractivity contribution is 5.15. The zero-order valence-corrected chi connectivity index (χ0v) is 18.9. The first kappa shape index (κ1) is 24.4. The van der Waals surface area contributed by atoms with Gasteiger partial charge in [-0.1, -0.05) is 74.5 Å². The molecule has 0 unspecified atom stereocenters. The van der Waals surface area contributed by atoms with E-state index in [2.05, 4.69) is 38.1 Å². The van der Waals surface area contributed by atoms with Crippen LogP contribution in [0.4, 0.5) is 0 Å². The van der Waals surface area contributed by atoms with E-state index in [1.165, 1.54) is 11.1 Å². The number of ether oxygens (including phenoxy) is 4. The van der Waals surface area contributed by atoms with E-state index in [9.17, 15) is 0 Å². The molecule has 2 aromatic carbocycles. The van der Waals surface area contributed by atoms with Crippen LogP contribution in [0, 0.1) is 5.41 Å². The molecule has 0 saturated heterocycles. The third kappa shape index (κ3) is 10.1. The van der Waals surface area contributed by atoms with Crippen molar-refractivity contribution < 1.29 is 18.9 Å². The molecule has 0 saturated carbocycles. The van der Waals surface area contributed by atoms with Crippen LogP contribution in [0.15, 0.2) is 85.7 Å². The normalized spacial score (nSPS) is 11.7. The first-order valence-corrected chi connectivity index (χ1v) is 11.1. The van der Waals surface area contributed by atoms with Crippen molar-refractivity contribution in [3.8, 4) is 0 Å². The van der Waals surface area contributed by atoms with E-state index in [-0.39, 0.29) is 5.41 Å². The predicted octanol–water partition coefficient (Wildman–Crippen LogP) is 6.29. The predicted molar refractivity (Wildman–Crippen MR) is 125 cm³/mol. The van der Waals surface area contributed by atoms with Gasteiger partial charge < -0.3 is 18.9 Å². The van der Waals surface area contributed by atoms with E-state index in [1.54, 1.807) is 25.0 Å². The minimum Gasteiger partial charge on any atom is -0.498 e. The van der Waals surface area contributed by atoms with Crippen molar-refractivity contribution in [3.05, 3.63) is 96.8 Å². The van der Waals surface area contributed by atoms with E-state index < -0.39 is 0 Å². The van der Waals surface area contributed by atoms with Gasteiger partial charge in [0.1, 0.15) is 25.0 Å². The first-order chi connectivity index (χ1) is 15.3. The van der Waals surface area contributed by atoms with E-state index in [0.717, 1.165) is 25.7 Å². The summed E-state index contributed by atoms with van der Waals surface area (Å²) in [5, 5.41) is 0. The molecule has 2 aromatic rings. The Kier molecular flexibility index (Phi) is 11.8. The van der Waals surface area contributed by atoms with Gasteiger partial charge in [0, 0.05) is 18.3 Å². The van der Waals surface area contributed by atoms with Crippen molar-refractivity contribution in [3.63, 3.8) is 0 Å². The SMILES string of the molecule is CCC(CC)(CO/C=C\OCCc1ccccc1)CO/C=C\OCCc1ccccc1. The van der Waals surface area contributed by atoms with E-state index >= 15 is 0 Å². The van der Waals surface area contributed by atoms with Crippen molar-refractivity contribution in [2.75, 3.05) is 26.4 Å². The van der Waals surface area contributed by atoms with Crippen LogP contribution in [0.25, 0.3) is 0 Å². The second kappa shape index (κ2) is 15.0. The zero-order chi connectivity index (χ0) is 22.0. The topological polar surface area (TPSA) is 36.9 Å². The van der Waals surface area contributed by atoms with Gasteiger partial charge in [-0.3, -0.25) is 0 Å². The molecule has 31 heavy (non-hydrogen) atoms. The highest BCUT2D eigenvalue weighted by Gasteiger charge is 2.27. The molecule has 0 fully saturated rings. The smallest absolute Gasteiger partial charge is 0.117 e. The maximum absolute atomic E-state index is 5.74. The van der Waals surface area contributed by atoms with Gasteiger partial charge >= 0.3 is 0 Å². The molecule has 168 valence electrons.